The Kier molecular flexibility index (Phi) is 2.60. The van der Waals surface area contributed by atoms with E-state index in [2.05, 4.69) is 31.2 Å². The Morgan fingerprint density at radius 3 is 2.56 bits per heavy atom. The SMILES string of the molecule is Cc1ccc(O)c(-c2sc3ccccc3c2C)c1. The number of fused-ring (bicyclic) bond motifs is 1. The van der Waals surface area contributed by atoms with Gasteiger partial charge in [0.05, 0.1) is 0 Å². The third kappa shape index (κ3) is 1.70. The lowest BCUT2D eigenvalue weighted by molar-refractivity contribution is 0.477. The van der Waals surface area contributed by atoms with E-state index in [0.29, 0.717) is 5.75 Å². The molecule has 3 rings (SSSR count). The molecular formula is C16H14OS. The lowest BCUT2D eigenvalue weighted by Gasteiger charge is -2.04. The molecule has 0 saturated carbocycles. The summed E-state index contributed by atoms with van der Waals surface area (Å²) in [6, 6.07) is 14.1. The van der Waals surface area contributed by atoms with Crippen molar-refractivity contribution in [2.24, 2.45) is 0 Å². The molecule has 0 atom stereocenters. The molecule has 90 valence electrons. The van der Waals surface area contributed by atoms with Crippen molar-refractivity contribution in [3.05, 3.63) is 53.6 Å². The molecule has 1 N–H and O–H groups in total. The number of hydrogen-bond donors (Lipinski definition) is 1. The first-order chi connectivity index (χ1) is 8.66. The zero-order valence-corrected chi connectivity index (χ0v) is 11.2. The van der Waals surface area contributed by atoms with E-state index in [9.17, 15) is 5.11 Å². The van der Waals surface area contributed by atoms with Crippen LogP contribution in [0.25, 0.3) is 20.5 Å². The Morgan fingerprint density at radius 1 is 1.00 bits per heavy atom. The topological polar surface area (TPSA) is 20.2 Å². The second-order valence-corrected chi connectivity index (χ2v) is 5.63. The molecule has 2 heteroatoms. The Hall–Kier alpha value is -1.80. The summed E-state index contributed by atoms with van der Waals surface area (Å²) >= 11 is 1.74. The Morgan fingerprint density at radius 2 is 1.78 bits per heavy atom. The summed E-state index contributed by atoms with van der Waals surface area (Å²) in [4.78, 5) is 1.16. The van der Waals surface area contributed by atoms with Crippen LogP contribution in [0, 0.1) is 13.8 Å². The highest BCUT2D eigenvalue weighted by molar-refractivity contribution is 7.22. The van der Waals surface area contributed by atoms with Crippen LogP contribution in [0.15, 0.2) is 42.5 Å². The van der Waals surface area contributed by atoms with Crippen LogP contribution in [0.2, 0.25) is 0 Å². The molecule has 0 aliphatic heterocycles. The molecule has 1 nitrogen and oxygen atoms in total. The predicted molar refractivity (Wildman–Crippen MR) is 78.4 cm³/mol. The van der Waals surface area contributed by atoms with Gasteiger partial charge in [0.2, 0.25) is 0 Å². The number of aryl methyl sites for hydroxylation is 2. The van der Waals surface area contributed by atoms with Crippen molar-refractivity contribution in [3.8, 4) is 16.2 Å². The molecule has 0 fully saturated rings. The monoisotopic (exact) mass is 254 g/mol. The van der Waals surface area contributed by atoms with Crippen molar-refractivity contribution in [2.75, 3.05) is 0 Å². The van der Waals surface area contributed by atoms with Gasteiger partial charge in [0.1, 0.15) is 5.75 Å². The van der Waals surface area contributed by atoms with Crippen molar-refractivity contribution in [3.63, 3.8) is 0 Å². The number of phenolic OH excluding ortho intramolecular Hbond substituents is 1. The predicted octanol–water partition coefficient (Wildman–Crippen LogP) is 4.89. The van der Waals surface area contributed by atoms with Gasteiger partial charge in [-0.15, -0.1) is 11.3 Å². The van der Waals surface area contributed by atoms with Crippen LogP contribution in [0.3, 0.4) is 0 Å². The average Bonchev–Trinajstić information content (AvgIpc) is 2.71. The number of thiophene rings is 1. The summed E-state index contributed by atoms with van der Waals surface area (Å²) in [7, 11) is 0. The second-order valence-electron chi connectivity index (χ2n) is 4.57. The van der Waals surface area contributed by atoms with Crippen LogP contribution in [0.1, 0.15) is 11.1 Å². The third-order valence-electron chi connectivity index (χ3n) is 3.24. The molecule has 0 radical (unpaired) electrons. The van der Waals surface area contributed by atoms with Crippen molar-refractivity contribution < 1.29 is 5.11 Å². The van der Waals surface area contributed by atoms with Gasteiger partial charge in [0.25, 0.3) is 0 Å². The van der Waals surface area contributed by atoms with Crippen molar-refractivity contribution in [1.29, 1.82) is 0 Å². The molecule has 18 heavy (non-hydrogen) atoms. The van der Waals surface area contributed by atoms with Crippen LogP contribution in [0.5, 0.6) is 5.75 Å². The maximum absolute atomic E-state index is 10.0. The van der Waals surface area contributed by atoms with E-state index in [-0.39, 0.29) is 0 Å². The molecule has 1 heterocycles. The number of benzene rings is 2. The molecule has 3 aromatic rings. The van der Waals surface area contributed by atoms with E-state index >= 15 is 0 Å². The Labute approximate surface area is 110 Å². The van der Waals surface area contributed by atoms with Crippen LogP contribution in [0.4, 0.5) is 0 Å². The molecular weight excluding hydrogens is 240 g/mol. The summed E-state index contributed by atoms with van der Waals surface area (Å²) in [5.74, 6) is 0.357. The Balaban J connectivity index is 2.31. The summed E-state index contributed by atoms with van der Waals surface area (Å²) in [5.41, 5.74) is 3.35. The smallest absolute Gasteiger partial charge is 0.124 e. The fourth-order valence-electron chi connectivity index (χ4n) is 2.26. The first kappa shape index (κ1) is 11.3. The van der Waals surface area contributed by atoms with Crippen LogP contribution in [-0.4, -0.2) is 5.11 Å². The summed E-state index contributed by atoms with van der Waals surface area (Å²) < 4.78 is 1.27. The molecule has 2 aromatic carbocycles. The number of hydrogen-bond acceptors (Lipinski definition) is 2. The third-order valence-corrected chi connectivity index (χ3v) is 4.55. The van der Waals surface area contributed by atoms with Gasteiger partial charge in [-0.3, -0.25) is 0 Å². The van der Waals surface area contributed by atoms with Gasteiger partial charge in [-0.1, -0.05) is 29.8 Å². The lowest BCUT2D eigenvalue weighted by Crippen LogP contribution is -1.80. The maximum atomic E-state index is 10.0. The minimum absolute atomic E-state index is 0.357. The standard InChI is InChI=1S/C16H14OS/c1-10-7-8-14(17)13(9-10)16-11(2)12-5-3-4-6-15(12)18-16/h3-9,17H,1-2H3. The molecule has 0 unspecified atom stereocenters. The van der Waals surface area contributed by atoms with Crippen molar-refractivity contribution >= 4 is 21.4 Å². The van der Waals surface area contributed by atoms with E-state index in [1.54, 1.807) is 17.4 Å². The number of aromatic hydroxyl groups is 1. The number of phenols is 1. The summed E-state index contributed by atoms with van der Waals surface area (Å²) in [6.45, 7) is 4.17. The van der Waals surface area contributed by atoms with Gasteiger partial charge >= 0.3 is 0 Å². The number of rotatable bonds is 1. The molecule has 0 bridgehead atoms. The van der Waals surface area contributed by atoms with Crippen molar-refractivity contribution in [1.82, 2.24) is 0 Å². The summed E-state index contributed by atoms with van der Waals surface area (Å²) in [6.07, 6.45) is 0. The highest BCUT2D eigenvalue weighted by Crippen LogP contribution is 2.41. The van der Waals surface area contributed by atoms with E-state index < -0.39 is 0 Å². The Bertz CT molecular complexity index is 725. The normalized spacial score (nSPS) is 11.0. The molecule has 0 spiro atoms. The fraction of sp³-hybridized carbons (Fsp3) is 0.125. The lowest BCUT2D eigenvalue weighted by atomic mass is 10.0. The zero-order valence-electron chi connectivity index (χ0n) is 10.4. The van der Waals surface area contributed by atoms with E-state index in [1.165, 1.54) is 21.2 Å². The van der Waals surface area contributed by atoms with Crippen molar-refractivity contribution in [2.45, 2.75) is 13.8 Å². The first-order valence-electron chi connectivity index (χ1n) is 5.95. The minimum Gasteiger partial charge on any atom is -0.507 e. The van der Waals surface area contributed by atoms with Crippen LogP contribution < -0.4 is 0 Å². The van der Waals surface area contributed by atoms with Crippen LogP contribution >= 0.6 is 11.3 Å². The average molecular weight is 254 g/mol. The van der Waals surface area contributed by atoms with Gasteiger partial charge < -0.3 is 5.11 Å². The maximum Gasteiger partial charge on any atom is 0.124 e. The first-order valence-corrected chi connectivity index (χ1v) is 6.76. The van der Waals surface area contributed by atoms with Gasteiger partial charge in [0.15, 0.2) is 0 Å². The van der Waals surface area contributed by atoms with Gasteiger partial charge in [0, 0.05) is 15.1 Å². The molecule has 0 aliphatic rings. The molecule has 0 aliphatic carbocycles. The fourth-order valence-corrected chi connectivity index (χ4v) is 3.50. The van der Waals surface area contributed by atoms with Gasteiger partial charge in [-0.2, -0.15) is 0 Å². The highest BCUT2D eigenvalue weighted by atomic mass is 32.1. The largest absolute Gasteiger partial charge is 0.507 e. The minimum atomic E-state index is 0.357. The molecule has 1 aromatic heterocycles. The van der Waals surface area contributed by atoms with Crippen LogP contribution in [-0.2, 0) is 0 Å². The summed E-state index contributed by atoms with van der Waals surface area (Å²) in [5, 5.41) is 11.3. The highest BCUT2D eigenvalue weighted by Gasteiger charge is 2.13. The van der Waals surface area contributed by atoms with Gasteiger partial charge in [-0.05, 0) is 43.0 Å². The van der Waals surface area contributed by atoms with E-state index in [4.69, 9.17) is 0 Å². The van der Waals surface area contributed by atoms with E-state index in [0.717, 1.165) is 10.4 Å². The quantitative estimate of drug-likeness (QED) is 0.655. The second kappa shape index (κ2) is 4.14. The van der Waals surface area contributed by atoms with E-state index in [1.807, 2.05) is 19.1 Å². The molecule has 0 amide bonds. The zero-order chi connectivity index (χ0) is 12.7. The van der Waals surface area contributed by atoms with Gasteiger partial charge in [-0.25, -0.2) is 0 Å². The molecule has 0 saturated heterocycles.